The topological polar surface area (TPSA) is 58.6 Å². The van der Waals surface area contributed by atoms with E-state index < -0.39 is 6.04 Å². The summed E-state index contributed by atoms with van der Waals surface area (Å²) in [7, 11) is 0. The van der Waals surface area contributed by atoms with Crippen LogP contribution in [0.15, 0.2) is 0 Å². The maximum Gasteiger partial charge on any atom is 0.245 e. The zero-order chi connectivity index (χ0) is 13.1. The number of piperazine rings is 1. The van der Waals surface area contributed by atoms with Gasteiger partial charge in [-0.3, -0.25) is 9.59 Å². The lowest BCUT2D eigenvalue weighted by Gasteiger charge is -2.39. The van der Waals surface area contributed by atoms with Gasteiger partial charge in [-0.25, -0.2) is 0 Å². The molecule has 3 unspecified atom stereocenters. The summed E-state index contributed by atoms with van der Waals surface area (Å²) in [4.78, 5) is 25.8. The Labute approximate surface area is 108 Å². The van der Waals surface area contributed by atoms with Crippen LogP contribution >= 0.6 is 0 Å². The molecule has 2 aliphatic rings. The third kappa shape index (κ3) is 2.66. The zero-order valence-electron chi connectivity index (χ0n) is 11.1. The minimum Gasteiger partial charge on any atom is -0.376 e. The van der Waals surface area contributed by atoms with Crippen LogP contribution in [0.25, 0.3) is 0 Å². The van der Waals surface area contributed by atoms with Crippen LogP contribution in [0.5, 0.6) is 0 Å². The van der Waals surface area contributed by atoms with Crippen molar-refractivity contribution < 1.29 is 14.3 Å². The van der Waals surface area contributed by atoms with Gasteiger partial charge in [-0.1, -0.05) is 6.92 Å². The van der Waals surface area contributed by atoms with Crippen molar-refractivity contribution in [2.24, 2.45) is 0 Å². The molecule has 2 heterocycles. The maximum absolute atomic E-state index is 12.2. The number of carbonyl (C=O) groups is 2. The quantitative estimate of drug-likeness (QED) is 0.806. The molecule has 1 N–H and O–H groups in total. The van der Waals surface area contributed by atoms with Crippen molar-refractivity contribution >= 4 is 11.8 Å². The first-order valence-corrected chi connectivity index (χ1v) is 6.86. The summed E-state index contributed by atoms with van der Waals surface area (Å²) in [5, 5.41) is 2.73. The highest BCUT2D eigenvalue weighted by Gasteiger charge is 2.38. The normalized spacial score (nSPS) is 33.4. The van der Waals surface area contributed by atoms with Gasteiger partial charge in [0.1, 0.15) is 12.1 Å². The van der Waals surface area contributed by atoms with Gasteiger partial charge in [-0.15, -0.1) is 0 Å². The number of hydrogen-bond donors (Lipinski definition) is 1. The molecule has 0 spiro atoms. The Morgan fingerprint density at radius 3 is 2.78 bits per heavy atom. The first-order valence-electron chi connectivity index (χ1n) is 6.86. The van der Waals surface area contributed by atoms with Crippen LogP contribution in [0.1, 0.15) is 39.5 Å². The van der Waals surface area contributed by atoms with Crippen LogP contribution < -0.4 is 5.32 Å². The molecule has 0 saturated carbocycles. The Kier molecular flexibility index (Phi) is 4.22. The number of rotatable bonds is 3. The number of amides is 2. The van der Waals surface area contributed by atoms with E-state index in [2.05, 4.69) is 5.32 Å². The summed E-state index contributed by atoms with van der Waals surface area (Å²) in [6.45, 7) is 4.99. The van der Waals surface area contributed by atoms with E-state index in [4.69, 9.17) is 4.74 Å². The molecule has 2 fully saturated rings. The molecule has 0 radical (unpaired) electrons. The molecule has 2 amide bonds. The Morgan fingerprint density at radius 1 is 1.39 bits per heavy atom. The van der Waals surface area contributed by atoms with E-state index in [1.807, 2.05) is 6.92 Å². The average Bonchev–Trinajstić information content (AvgIpc) is 2.37. The predicted molar refractivity (Wildman–Crippen MR) is 67.0 cm³/mol. The van der Waals surface area contributed by atoms with Crippen molar-refractivity contribution in [3.63, 3.8) is 0 Å². The monoisotopic (exact) mass is 254 g/mol. The van der Waals surface area contributed by atoms with Crippen molar-refractivity contribution in [2.45, 2.75) is 57.7 Å². The van der Waals surface area contributed by atoms with Gasteiger partial charge in [0.05, 0.1) is 6.10 Å². The highest BCUT2D eigenvalue weighted by molar-refractivity contribution is 5.96. The zero-order valence-corrected chi connectivity index (χ0v) is 11.1. The van der Waals surface area contributed by atoms with Gasteiger partial charge in [-0.2, -0.15) is 0 Å². The molecule has 2 rings (SSSR count). The molecule has 0 bridgehead atoms. The fraction of sp³-hybridized carbons (Fsp3) is 0.846. The molecule has 2 saturated heterocycles. The molecule has 0 aromatic rings. The average molecular weight is 254 g/mol. The van der Waals surface area contributed by atoms with Gasteiger partial charge in [0.15, 0.2) is 0 Å². The maximum atomic E-state index is 12.2. The van der Waals surface area contributed by atoms with Gasteiger partial charge >= 0.3 is 0 Å². The second-order valence-electron chi connectivity index (χ2n) is 5.13. The van der Waals surface area contributed by atoms with E-state index in [9.17, 15) is 9.59 Å². The van der Waals surface area contributed by atoms with Crippen LogP contribution in [-0.2, 0) is 14.3 Å². The Bertz CT molecular complexity index is 326. The third-order valence-corrected chi connectivity index (χ3v) is 3.75. The highest BCUT2D eigenvalue weighted by atomic mass is 16.5. The lowest BCUT2D eigenvalue weighted by Crippen LogP contribution is -2.63. The lowest BCUT2D eigenvalue weighted by atomic mass is 10.0. The molecular weight excluding hydrogens is 232 g/mol. The number of nitrogens with zero attached hydrogens (tertiary/aromatic N) is 1. The Morgan fingerprint density at radius 2 is 2.17 bits per heavy atom. The van der Waals surface area contributed by atoms with Crippen LogP contribution in [0.2, 0.25) is 0 Å². The van der Waals surface area contributed by atoms with E-state index in [0.29, 0.717) is 13.0 Å². The van der Waals surface area contributed by atoms with Crippen LogP contribution in [0.3, 0.4) is 0 Å². The van der Waals surface area contributed by atoms with Gasteiger partial charge in [0, 0.05) is 13.2 Å². The van der Waals surface area contributed by atoms with E-state index in [1.54, 1.807) is 11.8 Å². The Hall–Kier alpha value is -1.10. The molecule has 0 aliphatic carbocycles. The number of nitrogens with one attached hydrogen (secondary N) is 1. The minimum atomic E-state index is -0.413. The molecular formula is C13H22N2O3. The summed E-state index contributed by atoms with van der Waals surface area (Å²) in [6.07, 6.45) is 3.96. The van der Waals surface area contributed by atoms with Crippen molar-refractivity contribution in [1.29, 1.82) is 0 Å². The summed E-state index contributed by atoms with van der Waals surface area (Å²) in [6, 6.07) is -0.747. The summed E-state index contributed by atoms with van der Waals surface area (Å²) in [5.74, 6) is -0.0315. The van der Waals surface area contributed by atoms with Crippen molar-refractivity contribution in [3.05, 3.63) is 0 Å². The van der Waals surface area contributed by atoms with Gasteiger partial charge < -0.3 is 15.0 Å². The molecule has 0 aromatic carbocycles. The van der Waals surface area contributed by atoms with Crippen molar-refractivity contribution in [2.75, 3.05) is 13.2 Å². The molecule has 102 valence electrons. The van der Waals surface area contributed by atoms with Crippen molar-refractivity contribution in [1.82, 2.24) is 10.2 Å². The van der Waals surface area contributed by atoms with Gasteiger partial charge in [0.2, 0.25) is 11.8 Å². The first kappa shape index (κ1) is 13.3. The van der Waals surface area contributed by atoms with Crippen LogP contribution in [-0.4, -0.2) is 48.1 Å². The third-order valence-electron chi connectivity index (χ3n) is 3.75. The molecule has 5 heteroatoms. The summed E-state index contributed by atoms with van der Waals surface area (Å²) >= 11 is 0. The molecule has 2 aliphatic heterocycles. The number of ether oxygens (including phenoxy) is 1. The van der Waals surface area contributed by atoms with E-state index in [1.165, 1.54) is 0 Å². The lowest BCUT2D eigenvalue weighted by molar-refractivity contribution is -0.151. The first-order chi connectivity index (χ1) is 8.63. The second kappa shape index (κ2) is 5.69. The molecule has 18 heavy (non-hydrogen) atoms. The van der Waals surface area contributed by atoms with Crippen molar-refractivity contribution in [3.8, 4) is 0 Å². The van der Waals surface area contributed by atoms with Gasteiger partial charge in [0.25, 0.3) is 0 Å². The second-order valence-corrected chi connectivity index (χ2v) is 5.13. The summed E-state index contributed by atoms with van der Waals surface area (Å²) < 4.78 is 5.67. The SMILES string of the molecule is CCC1C(=O)NC(C)C(=O)N1CC1CCCCO1. The van der Waals surface area contributed by atoms with Crippen LogP contribution in [0.4, 0.5) is 0 Å². The highest BCUT2D eigenvalue weighted by Crippen LogP contribution is 2.19. The number of carbonyl (C=O) groups excluding carboxylic acids is 2. The van der Waals surface area contributed by atoms with Crippen LogP contribution in [0, 0.1) is 0 Å². The van der Waals surface area contributed by atoms with E-state index in [0.717, 1.165) is 25.9 Å². The predicted octanol–water partition coefficient (Wildman–Crippen LogP) is 0.681. The largest absolute Gasteiger partial charge is 0.376 e. The van der Waals surface area contributed by atoms with E-state index in [-0.39, 0.29) is 24.0 Å². The molecule has 5 nitrogen and oxygen atoms in total. The fourth-order valence-corrected chi connectivity index (χ4v) is 2.71. The smallest absolute Gasteiger partial charge is 0.245 e. The fourth-order valence-electron chi connectivity index (χ4n) is 2.71. The molecule has 3 atom stereocenters. The molecule has 0 aromatic heterocycles. The minimum absolute atomic E-state index is 0.00984. The number of hydrogen-bond acceptors (Lipinski definition) is 3. The van der Waals surface area contributed by atoms with Gasteiger partial charge in [-0.05, 0) is 32.6 Å². The summed E-state index contributed by atoms with van der Waals surface area (Å²) in [5.41, 5.74) is 0. The Balaban J connectivity index is 2.05. The standard InChI is InChI=1S/C13H22N2O3/c1-3-11-12(16)14-9(2)13(17)15(11)8-10-6-4-5-7-18-10/h9-11H,3-8H2,1-2H3,(H,14,16). The van der Waals surface area contributed by atoms with E-state index >= 15 is 0 Å².